The molecule has 0 saturated carbocycles. The van der Waals surface area contributed by atoms with E-state index < -0.39 is 64.7 Å². The van der Waals surface area contributed by atoms with Crippen LogP contribution in [0.15, 0.2) is 42.6 Å². The zero-order valence-corrected chi connectivity index (χ0v) is 21.1. The fourth-order valence-corrected chi connectivity index (χ4v) is 5.93. The molecule has 4 N–H and O–H groups in total. The summed E-state index contributed by atoms with van der Waals surface area (Å²) in [5.41, 5.74) is -0.635. The van der Waals surface area contributed by atoms with Gasteiger partial charge >= 0.3 is 0 Å². The Morgan fingerprint density at radius 3 is 2.35 bits per heavy atom. The van der Waals surface area contributed by atoms with Crippen LogP contribution in [-0.2, 0) is 4.74 Å². The molecule has 200 valence electrons. The lowest BCUT2D eigenvalue weighted by Crippen LogP contribution is -2.55. The number of aryl methyl sites for hydroxylation is 1. The molecule has 1 aliphatic heterocycles. The van der Waals surface area contributed by atoms with Crippen LogP contribution in [-0.4, -0.2) is 71.4 Å². The third-order valence-corrected chi connectivity index (χ3v) is 8.09. The lowest BCUT2D eigenvalue weighted by molar-refractivity contribution is -0.179. The van der Waals surface area contributed by atoms with Crippen LogP contribution in [0.5, 0.6) is 0 Å². The molecule has 0 bridgehead atoms. The van der Waals surface area contributed by atoms with E-state index in [1.165, 1.54) is 6.20 Å². The maximum absolute atomic E-state index is 13.7. The Bertz CT molecular complexity index is 1230. The van der Waals surface area contributed by atoms with Crippen molar-refractivity contribution in [1.82, 2.24) is 15.0 Å². The number of nitrogens with zero attached hydrogens (tertiary/aromatic N) is 3. The number of aliphatic hydroxyl groups is 4. The van der Waals surface area contributed by atoms with Gasteiger partial charge in [0.2, 0.25) is 0 Å². The molecule has 12 heteroatoms. The van der Waals surface area contributed by atoms with E-state index in [1.807, 2.05) is 31.2 Å². The average Bonchev–Trinajstić information content (AvgIpc) is 3.31. The van der Waals surface area contributed by atoms with Gasteiger partial charge in [-0.1, -0.05) is 29.5 Å². The SMILES string of the molecule is Cc1ccccc1[C@@H](S[C@@H]1O[C@H](CO)[C@H](O)[C@H](n2cc(-c3cc(F)c(F)c(F)c3)nn2)[C@H]1O)C(C)(C)O. The van der Waals surface area contributed by atoms with Crippen molar-refractivity contribution >= 4 is 11.8 Å². The topological polar surface area (TPSA) is 121 Å². The van der Waals surface area contributed by atoms with E-state index in [0.717, 1.165) is 39.7 Å². The lowest BCUT2D eigenvalue weighted by Gasteiger charge is -2.44. The predicted octanol–water partition coefficient (Wildman–Crippen LogP) is 2.90. The highest BCUT2D eigenvalue weighted by atomic mass is 32.2. The molecule has 0 radical (unpaired) electrons. The smallest absolute Gasteiger partial charge is 0.194 e. The van der Waals surface area contributed by atoms with Gasteiger partial charge in [0.25, 0.3) is 0 Å². The normalized spacial score (nSPS) is 25.3. The number of benzene rings is 2. The van der Waals surface area contributed by atoms with Gasteiger partial charge in [0.15, 0.2) is 17.5 Å². The van der Waals surface area contributed by atoms with Gasteiger partial charge in [-0.2, -0.15) is 0 Å². The van der Waals surface area contributed by atoms with Gasteiger partial charge in [-0.3, -0.25) is 0 Å². The predicted molar refractivity (Wildman–Crippen MR) is 130 cm³/mol. The minimum atomic E-state index is -1.62. The number of rotatable bonds is 7. The Morgan fingerprint density at radius 2 is 1.76 bits per heavy atom. The van der Waals surface area contributed by atoms with Crippen molar-refractivity contribution in [2.45, 2.75) is 61.4 Å². The third kappa shape index (κ3) is 5.54. The fraction of sp³-hybridized carbons (Fsp3) is 0.440. The number of thioether (sulfide) groups is 1. The van der Waals surface area contributed by atoms with Crippen LogP contribution in [0.25, 0.3) is 11.3 Å². The van der Waals surface area contributed by atoms with Crippen LogP contribution in [0.4, 0.5) is 13.2 Å². The number of hydrogen-bond donors (Lipinski definition) is 4. The minimum Gasteiger partial charge on any atom is -0.394 e. The maximum atomic E-state index is 13.7. The van der Waals surface area contributed by atoms with Crippen molar-refractivity contribution in [2.24, 2.45) is 0 Å². The molecule has 0 amide bonds. The standard InChI is InChI=1S/C25H28F3N3O5S/c1-12-6-4-5-7-14(12)23(25(2,3)35)37-24-22(34)20(21(33)18(11-32)36-24)31-10-17(29-30-31)13-8-15(26)19(28)16(27)9-13/h4-10,18,20-24,32-35H,11H2,1-3H3/t18-,20+,21+,22-,23-,24+/m1/s1. The Kier molecular flexibility index (Phi) is 7.98. The summed E-state index contributed by atoms with van der Waals surface area (Å²) in [4.78, 5) is 0. The summed E-state index contributed by atoms with van der Waals surface area (Å²) in [7, 11) is 0. The van der Waals surface area contributed by atoms with Crippen LogP contribution >= 0.6 is 11.8 Å². The summed E-state index contributed by atoms with van der Waals surface area (Å²) in [6.07, 6.45) is -2.68. The van der Waals surface area contributed by atoms with Crippen molar-refractivity contribution in [1.29, 1.82) is 0 Å². The molecule has 0 aliphatic carbocycles. The molecule has 6 atom stereocenters. The largest absolute Gasteiger partial charge is 0.394 e. The van der Waals surface area contributed by atoms with Gasteiger partial charge in [-0.05, 0) is 44.0 Å². The first kappa shape index (κ1) is 27.6. The van der Waals surface area contributed by atoms with E-state index >= 15 is 0 Å². The molecular formula is C25H28F3N3O5S. The van der Waals surface area contributed by atoms with Gasteiger partial charge < -0.3 is 25.2 Å². The molecule has 1 fully saturated rings. The molecule has 37 heavy (non-hydrogen) atoms. The number of aromatic nitrogens is 3. The van der Waals surface area contributed by atoms with Gasteiger partial charge in [-0.15, -0.1) is 16.9 Å². The fourth-order valence-electron chi connectivity index (χ4n) is 4.39. The highest BCUT2D eigenvalue weighted by molar-refractivity contribution is 8.00. The summed E-state index contributed by atoms with van der Waals surface area (Å²) in [6, 6.07) is 7.81. The first-order valence-corrected chi connectivity index (χ1v) is 12.5. The van der Waals surface area contributed by atoms with Crippen LogP contribution in [0.3, 0.4) is 0 Å². The number of ether oxygens (including phenoxy) is 1. The van der Waals surface area contributed by atoms with Gasteiger partial charge in [0.1, 0.15) is 35.5 Å². The second kappa shape index (κ2) is 10.7. The third-order valence-electron chi connectivity index (χ3n) is 6.33. The van der Waals surface area contributed by atoms with E-state index in [-0.39, 0.29) is 11.3 Å². The molecule has 2 aromatic carbocycles. The second-order valence-corrected chi connectivity index (χ2v) is 10.8. The highest BCUT2D eigenvalue weighted by Crippen LogP contribution is 2.46. The quantitative estimate of drug-likeness (QED) is 0.339. The second-order valence-electron chi connectivity index (χ2n) is 9.56. The lowest BCUT2D eigenvalue weighted by atomic mass is 9.94. The van der Waals surface area contributed by atoms with E-state index in [1.54, 1.807) is 13.8 Å². The molecule has 8 nitrogen and oxygen atoms in total. The van der Waals surface area contributed by atoms with E-state index in [0.29, 0.717) is 0 Å². The summed E-state index contributed by atoms with van der Waals surface area (Å²) < 4.78 is 47.8. The summed E-state index contributed by atoms with van der Waals surface area (Å²) >= 11 is 1.13. The first-order chi connectivity index (χ1) is 17.4. The Hall–Kier alpha value is -2.48. The van der Waals surface area contributed by atoms with Crippen LogP contribution in [0, 0.1) is 24.4 Å². The van der Waals surface area contributed by atoms with E-state index in [9.17, 15) is 33.6 Å². The zero-order valence-electron chi connectivity index (χ0n) is 20.3. The molecule has 1 saturated heterocycles. The van der Waals surface area contributed by atoms with Crippen molar-refractivity contribution in [2.75, 3.05) is 6.61 Å². The number of hydrogen-bond acceptors (Lipinski definition) is 8. The Morgan fingerprint density at radius 1 is 1.11 bits per heavy atom. The van der Waals surface area contributed by atoms with Crippen molar-refractivity contribution in [3.05, 3.63) is 71.2 Å². The number of halogens is 3. The van der Waals surface area contributed by atoms with Crippen molar-refractivity contribution < 1.29 is 38.3 Å². The maximum Gasteiger partial charge on any atom is 0.194 e. The van der Waals surface area contributed by atoms with Gasteiger partial charge in [0.05, 0.1) is 23.7 Å². The monoisotopic (exact) mass is 539 g/mol. The molecule has 4 rings (SSSR count). The van der Waals surface area contributed by atoms with Crippen LogP contribution < -0.4 is 0 Å². The molecule has 0 unspecified atom stereocenters. The van der Waals surface area contributed by atoms with Gasteiger partial charge in [0, 0.05) is 5.56 Å². The molecule has 1 aliphatic rings. The summed E-state index contributed by atoms with van der Waals surface area (Å²) in [5.74, 6) is -4.42. The Labute approximate surface area is 215 Å². The molecule has 3 aromatic rings. The Balaban J connectivity index is 1.67. The summed E-state index contributed by atoms with van der Waals surface area (Å²) in [5, 5.41) is 50.2. The summed E-state index contributed by atoms with van der Waals surface area (Å²) in [6.45, 7) is 4.59. The first-order valence-electron chi connectivity index (χ1n) is 11.5. The van der Waals surface area contributed by atoms with Crippen molar-refractivity contribution in [3.8, 4) is 11.3 Å². The minimum absolute atomic E-state index is 0.0253. The average molecular weight is 540 g/mol. The molecule has 2 heterocycles. The highest BCUT2D eigenvalue weighted by Gasteiger charge is 2.48. The molecule has 0 spiro atoms. The number of aliphatic hydroxyl groups excluding tert-OH is 3. The molecular weight excluding hydrogens is 511 g/mol. The molecule has 1 aromatic heterocycles. The van der Waals surface area contributed by atoms with Crippen LogP contribution in [0.2, 0.25) is 0 Å². The van der Waals surface area contributed by atoms with E-state index in [2.05, 4.69) is 10.3 Å². The van der Waals surface area contributed by atoms with Crippen molar-refractivity contribution in [3.63, 3.8) is 0 Å². The zero-order chi connectivity index (χ0) is 27.1. The van der Waals surface area contributed by atoms with Crippen LogP contribution in [0.1, 0.15) is 36.3 Å². The van der Waals surface area contributed by atoms with E-state index in [4.69, 9.17) is 4.74 Å². The van der Waals surface area contributed by atoms with Gasteiger partial charge in [-0.25, -0.2) is 17.9 Å².